The van der Waals surface area contributed by atoms with Crippen molar-refractivity contribution in [1.29, 1.82) is 0 Å². The molecule has 1 aromatic heterocycles. The Labute approximate surface area is 90.6 Å². The molecule has 15 heavy (non-hydrogen) atoms. The maximum Gasteiger partial charge on any atom is 0.115 e. The number of nitrogens with zero attached hydrogens (tertiary/aromatic N) is 2. The average Bonchev–Trinajstić information content (AvgIpc) is 2.18. The van der Waals surface area contributed by atoms with Crippen molar-refractivity contribution < 1.29 is 5.11 Å². The molecule has 1 unspecified atom stereocenters. The number of hydrogen-bond donors (Lipinski definition) is 1. The minimum absolute atomic E-state index is 0.254. The molecule has 1 aromatic rings. The van der Waals surface area contributed by atoms with Gasteiger partial charge in [-0.15, -0.1) is 12.3 Å². The lowest BCUT2D eigenvalue weighted by Gasteiger charge is -2.39. The zero-order chi connectivity index (χ0) is 11.5. The van der Waals surface area contributed by atoms with Crippen molar-refractivity contribution in [3.63, 3.8) is 0 Å². The van der Waals surface area contributed by atoms with Crippen LogP contribution in [-0.4, -0.2) is 15.1 Å². The van der Waals surface area contributed by atoms with Crippen LogP contribution in [0, 0.1) is 17.8 Å². The number of rotatable bonds is 2. The summed E-state index contributed by atoms with van der Waals surface area (Å²) in [5.74, 6) is 2.51. The standard InChI is InChI=1S/C12H16N2O/c1-5-6-12(15,11(2,3)4)10-7-13-9-14-8-10/h1,7-9,15H,6H2,2-4H3. The van der Waals surface area contributed by atoms with E-state index in [1.165, 1.54) is 6.33 Å². The van der Waals surface area contributed by atoms with Crippen molar-refractivity contribution >= 4 is 0 Å². The van der Waals surface area contributed by atoms with Crippen molar-refractivity contribution in [3.8, 4) is 12.3 Å². The summed E-state index contributed by atoms with van der Waals surface area (Å²) in [6, 6.07) is 0. The molecule has 0 bridgehead atoms. The zero-order valence-electron chi connectivity index (χ0n) is 9.36. The predicted octanol–water partition coefficient (Wildman–Crippen LogP) is 1.73. The van der Waals surface area contributed by atoms with E-state index < -0.39 is 5.60 Å². The van der Waals surface area contributed by atoms with Crippen molar-refractivity contribution in [2.24, 2.45) is 5.41 Å². The van der Waals surface area contributed by atoms with Gasteiger partial charge in [0, 0.05) is 24.4 Å². The first-order valence-electron chi connectivity index (χ1n) is 4.83. The number of aromatic nitrogens is 2. The van der Waals surface area contributed by atoms with E-state index in [0.29, 0.717) is 5.56 Å². The van der Waals surface area contributed by atoms with E-state index in [1.54, 1.807) is 12.4 Å². The van der Waals surface area contributed by atoms with Gasteiger partial charge in [-0.25, -0.2) is 9.97 Å². The van der Waals surface area contributed by atoms with Crippen LogP contribution in [-0.2, 0) is 5.60 Å². The second kappa shape index (κ2) is 4.00. The van der Waals surface area contributed by atoms with Crippen LogP contribution >= 0.6 is 0 Å². The van der Waals surface area contributed by atoms with Crippen LogP contribution in [0.1, 0.15) is 32.8 Å². The van der Waals surface area contributed by atoms with Crippen LogP contribution in [0.3, 0.4) is 0 Å². The molecule has 80 valence electrons. The molecule has 1 heterocycles. The van der Waals surface area contributed by atoms with E-state index in [-0.39, 0.29) is 11.8 Å². The second-order valence-electron chi connectivity index (χ2n) is 4.62. The molecule has 3 nitrogen and oxygen atoms in total. The van der Waals surface area contributed by atoms with Gasteiger partial charge in [0.25, 0.3) is 0 Å². The van der Waals surface area contributed by atoms with Crippen LogP contribution in [0.5, 0.6) is 0 Å². The topological polar surface area (TPSA) is 46.0 Å². The van der Waals surface area contributed by atoms with Crippen molar-refractivity contribution in [2.75, 3.05) is 0 Å². The normalized spacial score (nSPS) is 15.4. The average molecular weight is 204 g/mol. The van der Waals surface area contributed by atoms with Crippen LogP contribution in [0.15, 0.2) is 18.7 Å². The molecule has 1 N–H and O–H groups in total. The summed E-state index contributed by atoms with van der Waals surface area (Å²) in [6.07, 6.45) is 10.2. The highest BCUT2D eigenvalue weighted by Gasteiger charge is 2.41. The van der Waals surface area contributed by atoms with Gasteiger partial charge in [-0.05, 0) is 5.41 Å². The Hall–Kier alpha value is -1.40. The highest BCUT2D eigenvalue weighted by atomic mass is 16.3. The fourth-order valence-corrected chi connectivity index (χ4v) is 1.46. The highest BCUT2D eigenvalue weighted by molar-refractivity contribution is 5.20. The first kappa shape index (κ1) is 11.7. The van der Waals surface area contributed by atoms with Gasteiger partial charge >= 0.3 is 0 Å². The smallest absolute Gasteiger partial charge is 0.115 e. The number of aliphatic hydroxyl groups is 1. The quantitative estimate of drug-likeness (QED) is 0.746. The van der Waals surface area contributed by atoms with Crippen molar-refractivity contribution in [1.82, 2.24) is 9.97 Å². The predicted molar refractivity (Wildman–Crippen MR) is 58.8 cm³/mol. The first-order valence-corrected chi connectivity index (χ1v) is 4.83. The Kier molecular flexibility index (Phi) is 3.11. The van der Waals surface area contributed by atoms with Gasteiger partial charge < -0.3 is 5.11 Å². The van der Waals surface area contributed by atoms with E-state index in [0.717, 1.165) is 0 Å². The van der Waals surface area contributed by atoms with Gasteiger partial charge in [-0.3, -0.25) is 0 Å². The van der Waals surface area contributed by atoms with Gasteiger partial charge in [0.1, 0.15) is 11.9 Å². The van der Waals surface area contributed by atoms with Crippen LogP contribution < -0.4 is 0 Å². The molecular weight excluding hydrogens is 188 g/mol. The molecule has 0 saturated carbocycles. The zero-order valence-corrected chi connectivity index (χ0v) is 9.36. The van der Waals surface area contributed by atoms with Crippen LogP contribution in [0.4, 0.5) is 0 Å². The van der Waals surface area contributed by atoms with Gasteiger partial charge in [-0.2, -0.15) is 0 Å². The minimum atomic E-state index is -1.08. The molecule has 0 aromatic carbocycles. The second-order valence-corrected chi connectivity index (χ2v) is 4.62. The first-order chi connectivity index (χ1) is 6.92. The number of terminal acetylenes is 1. The summed E-state index contributed by atoms with van der Waals surface area (Å²) in [5, 5.41) is 10.6. The molecule has 0 aliphatic heterocycles. The number of hydrogen-bond acceptors (Lipinski definition) is 3. The maximum atomic E-state index is 10.6. The summed E-state index contributed by atoms with van der Waals surface area (Å²) >= 11 is 0. The van der Waals surface area contributed by atoms with Gasteiger partial charge in [0.2, 0.25) is 0 Å². The lowest BCUT2D eigenvalue weighted by molar-refractivity contribution is -0.0603. The van der Waals surface area contributed by atoms with Crippen LogP contribution in [0.2, 0.25) is 0 Å². The van der Waals surface area contributed by atoms with Crippen molar-refractivity contribution in [2.45, 2.75) is 32.8 Å². The molecule has 0 fully saturated rings. The van der Waals surface area contributed by atoms with Gasteiger partial charge in [0.15, 0.2) is 0 Å². The fraction of sp³-hybridized carbons (Fsp3) is 0.500. The minimum Gasteiger partial charge on any atom is -0.383 e. The molecule has 0 amide bonds. The third-order valence-electron chi connectivity index (χ3n) is 2.64. The molecular formula is C12H16N2O. The van der Waals surface area contributed by atoms with E-state index >= 15 is 0 Å². The Morgan fingerprint density at radius 2 is 1.87 bits per heavy atom. The maximum absolute atomic E-state index is 10.6. The van der Waals surface area contributed by atoms with Gasteiger partial charge in [-0.1, -0.05) is 20.8 Å². The van der Waals surface area contributed by atoms with Crippen LogP contribution in [0.25, 0.3) is 0 Å². The molecule has 0 spiro atoms. The molecule has 0 aliphatic rings. The summed E-state index contributed by atoms with van der Waals surface area (Å²) in [7, 11) is 0. The Morgan fingerprint density at radius 1 is 1.33 bits per heavy atom. The lowest BCUT2D eigenvalue weighted by atomic mass is 9.71. The lowest BCUT2D eigenvalue weighted by Crippen LogP contribution is -2.39. The molecule has 0 aliphatic carbocycles. The van der Waals surface area contributed by atoms with Gasteiger partial charge in [0.05, 0.1) is 0 Å². The van der Waals surface area contributed by atoms with E-state index in [1.807, 2.05) is 20.8 Å². The summed E-state index contributed by atoms with van der Waals surface area (Å²) in [4.78, 5) is 7.81. The largest absolute Gasteiger partial charge is 0.383 e. The Balaban J connectivity index is 3.20. The van der Waals surface area contributed by atoms with Crippen molar-refractivity contribution in [3.05, 3.63) is 24.3 Å². The molecule has 1 atom stereocenters. The van der Waals surface area contributed by atoms with E-state index in [4.69, 9.17) is 6.42 Å². The monoisotopic (exact) mass is 204 g/mol. The molecule has 3 heteroatoms. The molecule has 0 radical (unpaired) electrons. The SMILES string of the molecule is C#CCC(O)(c1cncnc1)C(C)(C)C. The summed E-state index contributed by atoms with van der Waals surface area (Å²) in [6.45, 7) is 5.83. The third kappa shape index (κ3) is 2.16. The highest BCUT2D eigenvalue weighted by Crippen LogP contribution is 2.41. The molecule has 0 saturated heterocycles. The fourth-order valence-electron chi connectivity index (χ4n) is 1.46. The third-order valence-corrected chi connectivity index (χ3v) is 2.64. The van der Waals surface area contributed by atoms with E-state index in [9.17, 15) is 5.11 Å². The Bertz CT molecular complexity index is 361. The van der Waals surface area contributed by atoms with E-state index in [2.05, 4.69) is 15.9 Å². The summed E-state index contributed by atoms with van der Waals surface area (Å²) in [5.41, 5.74) is -0.775. The summed E-state index contributed by atoms with van der Waals surface area (Å²) < 4.78 is 0. The molecule has 1 rings (SSSR count). The Morgan fingerprint density at radius 3 is 2.27 bits per heavy atom.